The van der Waals surface area contributed by atoms with Crippen LogP contribution in [-0.2, 0) is 65.3 Å². The quantitative estimate of drug-likeness (QED) is 0.0537. The van der Waals surface area contributed by atoms with Crippen LogP contribution in [0.2, 0.25) is 0 Å². The second-order valence-electron chi connectivity index (χ2n) is 16.0. The molecule has 7 N–H and O–H groups in total. The van der Waals surface area contributed by atoms with Gasteiger partial charge in [0.2, 0.25) is 29.5 Å². The number of benzene rings is 2. The van der Waals surface area contributed by atoms with E-state index in [-0.39, 0.29) is 39.1 Å². The van der Waals surface area contributed by atoms with Crippen molar-refractivity contribution in [2.24, 2.45) is 5.41 Å². The SMILES string of the molecule is CC(C)(C)OC(=O)NCCOCCOCCOCCOCCC(=O)NCC(=O)NCC(=O)N[C@@H](Cc1ccccc1)C(=O)NCC(=O)Nc1ccc(CCCC(C)(C)C(=O)O)cc1. The number of carbonyl (C=O) groups excluding carboxylic acids is 6. The molecule has 0 unspecified atom stereocenters. The van der Waals surface area contributed by atoms with Crippen molar-refractivity contribution in [3.8, 4) is 0 Å². The molecule has 0 aliphatic carbocycles. The summed E-state index contributed by atoms with van der Waals surface area (Å²) in [6.07, 6.45) is 1.52. The Morgan fingerprint density at radius 1 is 0.603 bits per heavy atom. The summed E-state index contributed by atoms with van der Waals surface area (Å²) in [5.41, 5.74) is 0.899. The molecule has 0 bridgehead atoms. The molecule has 6 amide bonds. The van der Waals surface area contributed by atoms with Gasteiger partial charge in [-0.1, -0.05) is 42.5 Å². The molecule has 19 nitrogen and oxygen atoms in total. The van der Waals surface area contributed by atoms with E-state index in [4.69, 9.17) is 23.7 Å². The van der Waals surface area contributed by atoms with Crippen LogP contribution in [-0.4, -0.2) is 137 Å². The number of ether oxygens (including phenoxy) is 5. The number of hydrogen-bond donors (Lipinski definition) is 7. The number of nitrogens with one attached hydrogen (secondary N) is 6. The van der Waals surface area contributed by atoms with Gasteiger partial charge in [-0.05, 0) is 77.1 Å². The maximum Gasteiger partial charge on any atom is 0.407 e. The first-order valence-electron chi connectivity index (χ1n) is 21.0. The van der Waals surface area contributed by atoms with Gasteiger partial charge in [-0.25, -0.2) is 4.79 Å². The summed E-state index contributed by atoms with van der Waals surface area (Å²) in [4.78, 5) is 86.0. The summed E-state index contributed by atoms with van der Waals surface area (Å²) < 4.78 is 26.7. The van der Waals surface area contributed by atoms with Gasteiger partial charge in [0.25, 0.3) is 0 Å². The highest BCUT2D eigenvalue weighted by Crippen LogP contribution is 2.24. The first-order valence-corrected chi connectivity index (χ1v) is 21.0. The van der Waals surface area contributed by atoms with E-state index in [0.29, 0.717) is 71.1 Å². The lowest BCUT2D eigenvalue weighted by Gasteiger charge is -2.19. The van der Waals surface area contributed by atoms with Crippen molar-refractivity contribution in [2.45, 2.75) is 78.4 Å². The van der Waals surface area contributed by atoms with Gasteiger partial charge >= 0.3 is 12.1 Å². The number of alkyl carbamates (subject to hydrolysis) is 1. The van der Waals surface area contributed by atoms with E-state index in [0.717, 1.165) is 11.1 Å². The number of carbonyl (C=O) groups is 7. The Morgan fingerprint density at radius 2 is 1.16 bits per heavy atom. The summed E-state index contributed by atoms with van der Waals surface area (Å²) in [7, 11) is 0. The van der Waals surface area contributed by atoms with Crippen LogP contribution in [0.1, 0.15) is 65.0 Å². The van der Waals surface area contributed by atoms with Gasteiger partial charge in [-0.2, -0.15) is 0 Å². The minimum atomic E-state index is -1.06. The molecule has 2 aromatic rings. The predicted molar refractivity (Wildman–Crippen MR) is 233 cm³/mol. The third-order valence-corrected chi connectivity index (χ3v) is 8.84. The summed E-state index contributed by atoms with van der Waals surface area (Å²) in [5, 5.41) is 24.6. The summed E-state index contributed by atoms with van der Waals surface area (Å²) in [6, 6.07) is 15.0. The number of carboxylic acid groups (broad SMARTS) is 1. The Labute approximate surface area is 369 Å². The molecule has 0 aromatic heterocycles. The van der Waals surface area contributed by atoms with Crippen molar-refractivity contribution in [2.75, 3.05) is 84.4 Å². The molecular weight excluding hydrogens is 821 g/mol. The second kappa shape index (κ2) is 29.6. The van der Waals surface area contributed by atoms with Gasteiger partial charge in [0.15, 0.2) is 0 Å². The Morgan fingerprint density at radius 3 is 1.76 bits per heavy atom. The molecule has 350 valence electrons. The normalized spacial score (nSPS) is 11.8. The zero-order chi connectivity index (χ0) is 46.5. The first-order chi connectivity index (χ1) is 29.9. The molecule has 2 aromatic carbocycles. The minimum Gasteiger partial charge on any atom is -0.481 e. The van der Waals surface area contributed by atoms with Crippen molar-refractivity contribution in [1.82, 2.24) is 26.6 Å². The molecule has 0 saturated carbocycles. The van der Waals surface area contributed by atoms with E-state index >= 15 is 0 Å². The largest absolute Gasteiger partial charge is 0.481 e. The highest BCUT2D eigenvalue weighted by molar-refractivity contribution is 5.96. The number of aryl methyl sites for hydroxylation is 1. The number of amides is 6. The molecule has 0 spiro atoms. The van der Waals surface area contributed by atoms with E-state index < -0.39 is 65.2 Å². The Kier molecular flexibility index (Phi) is 25.2. The van der Waals surface area contributed by atoms with Crippen LogP contribution in [0, 0.1) is 5.41 Å². The number of aliphatic carboxylic acids is 1. The van der Waals surface area contributed by atoms with Gasteiger partial charge < -0.3 is 60.7 Å². The van der Waals surface area contributed by atoms with Gasteiger partial charge in [0.05, 0.1) is 77.9 Å². The Bertz CT molecular complexity index is 1720. The Hall–Kier alpha value is -5.63. The van der Waals surface area contributed by atoms with Crippen molar-refractivity contribution in [1.29, 1.82) is 0 Å². The molecule has 19 heteroatoms. The molecule has 0 radical (unpaired) electrons. The van der Waals surface area contributed by atoms with E-state index in [1.165, 1.54) is 0 Å². The van der Waals surface area contributed by atoms with Crippen molar-refractivity contribution in [3.63, 3.8) is 0 Å². The van der Waals surface area contributed by atoms with Gasteiger partial charge in [-0.15, -0.1) is 0 Å². The molecule has 2 rings (SSSR count). The first kappa shape index (κ1) is 53.5. The van der Waals surface area contributed by atoms with Crippen LogP contribution in [0.4, 0.5) is 10.5 Å². The lowest BCUT2D eigenvalue weighted by atomic mass is 9.87. The fourth-order valence-corrected chi connectivity index (χ4v) is 5.37. The van der Waals surface area contributed by atoms with Crippen molar-refractivity contribution >= 4 is 47.3 Å². The minimum absolute atomic E-state index is 0.00105. The van der Waals surface area contributed by atoms with Crippen LogP contribution in [0.5, 0.6) is 0 Å². The second-order valence-corrected chi connectivity index (χ2v) is 16.0. The number of rotatable bonds is 31. The number of carboxylic acids is 1. The van der Waals surface area contributed by atoms with Crippen LogP contribution >= 0.6 is 0 Å². The molecule has 0 aliphatic rings. The third-order valence-electron chi connectivity index (χ3n) is 8.84. The fraction of sp³-hybridized carbons (Fsp3) is 0.568. The van der Waals surface area contributed by atoms with E-state index in [1.54, 1.807) is 71.0 Å². The van der Waals surface area contributed by atoms with Crippen LogP contribution < -0.4 is 31.9 Å². The maximum atomic E-state index is 13.2. The zero-order valence-corrected chi connectivity index (χ0v) is 37.1. The number of anilines is 1. The molecule has 63 heavy (non-hydrogen) atoms. The standard InChI is InChI=1S/C44H66N6O13/c1-43(2,3)63-42(58)45-19-21-60-23-25-62-27-26-61-24-22-59-20-17-36(51)46-29-37(52)47-30-39(54)50-35(28-33-10-7-6-8-11-33)40(55)48-31-38(53)49-34-15-13-32(14-16-34)12-9-18-44(4,5)41(56)57/h6-8,10-11,13-16,35H,9,12,17-31H2,1-5H3,(H,45,58)(H,46,51)(H,47,52)(H,48,55)(H,49,53)(H,50,54)(H,56,57)/t35-/m0/s1. The molecular formula is C44H66N6O13. The maximum absolute atomic E-state index is 13.2. The summed E-state index contributed by atoms with van der Waals surface area (Å²) in [5.74, 6) is -3.63. The monoisotopic (exact) mass is 886 g/mol. The third kappa shape index (κ3) is 26.5. The van der Waals surface area contributed by atoms with Crippen molar-refractivity contribution in [3.05, 3.63) is 65.7 Å². The van der Waals surface area contributed by atoms with Crippen LogP contribution in [0.15, 0.2) is 54.6 Å². The van der Waals surface area contributed by atoms with E-state index in [1.807, 2.05) is 18.2 Å². The van der Waals surface area contributed by atoms with E-state index in [9.17, 15) is 38.7 Å². The fourth-order valence-electron chi connectivity index (χ4n) is 5.37. The summed E-state index contributed by atoms with van der Waals surface area (Å²) in [6.45, 7) is 10.3. The highest BCUT2D eigenvalue weighted by atomic mass is 16.6. The van der Waals surface area contributed by atoms with Crippen LogP contribution in [0.25, 0.3) is 0 Å². The zero-order valence-electron chi connectivity index (χ0n) is 37.1. The lowest BCUT2D eigenvalue weighted by Crippen LogP contribution is -2.52. The molecule has 0 aliphatic heterocycles. The molecule has 0 heterocycles. The number of hydrogen-bond acceptors (Lipinski definition) is 12. The van der Waals surface area contributed by atoms with Crippen LogP contribution in [0.3, 0.4) is 0 Å². The molecule has 0 fully saturated rings. The van der Waals surface area contributed by atoms with Gasteiger partial charge in [0.1, 0.15) is 11.6 Å². The topological polar surface area (TPSA) is 258 Å². The molecule has 1 atom stereocenters. The smallest absolute Gasteiger partial charge is 0.407 e. The lowest BCUT2D eigenvalue weighted by molar-refractivity contribution is -0.147. The van der Waals surface area contributed by atoms with Gasteiger partial charge in [0, 0.05) is 25.1 Å². The molecule has 0 saturated heterocycles. The Balaban J connectivity index is 1.59. The predicted octanol–water partition coefficient (Wildman–Crippen LogP) is 2.12. The van der Waals surface area contributed by atoms with E-state index in [2.05, 4.69) is 31.9 Å². The highest BCUT2D eigenvalue weighted by Gasteiger charge is 2.26. The average Bonchev–Trinajstić information content (AvgIpc) is 3.22. The average molecular weight is 887 g/mol. The van der Waals surface area contributed by atoms with Crippen molar-refractivity contribution < 1.29 is 62.4 Å². The van der Waals surface area contributed by atoms with Gasteiger partial charge in [-0.3, -0.25) is 28.8 Å². The summed E-state index contributed by atoms with van der Waals surface area (Å²) >= 11 is 0.